The number of amides is 2. The number of hydrogen-bond acceptors (Lipinski definition) is 5. The fourth-order valence-corrected chi connectivity index (χ4v) is 4.02. The molecule has 3 aromatic rings. The highest BCUT2D eigenvalue weighted by atomic mass is 32.1. The molecule has 26 heavy (non-hydrogen) atoms. The first-order chi connectivity index (χ1) is 12.5. The standard InChI is InChI=1S/C19H19N3O2S2/c1-12-5-7-14(8-6-12)16-11-26-19(21-16)22-18(24)10-15(20-13(2)23)17-4-3-9-25-17/h3-9,11,15H,10H2,1-2H3,(H,20,23)(H,21,22,24)/t15-/m0/s1. The first-order valence-corrected chi connectivity index (χ1v) is 9.90. The molecule has 2 aromatic heterocycles. The molecule has 3 rings (SSSR count). The lowest BCUT2D eigenvalue weighted by atomic mass is 10.1. The molecule has 0 saturated heterocycles. The van der Waals surface area contributed by atoms with Crippen LogP contribution in [-0.2, 0) is 9.59 Å². The molecular formula is C19H19N3O2S2. The van der Waals surface area contributed by atoms with Crippen LogP contribution in [0.4, 0.5) is 5.13 Å². The van der Waals surface area contributed by atoms with Crippen molar-refractivity contribution in [3.05, 3.63) is 57.6 Å². The van der Waals surface area contributed by atoms with Gasteiger partial charge in [-0.3, -0.25) is 9.59 Å². The van der Waals surface area contributed by atoms with E-state index in [0.29, 0.717) is 5.13 Å². The summed E-state index contributed by atoms with van der Waals surface area (Å²) >= 11 is 2.90. The average molecular weight is 386 g/mol. The van der Waals surface area contributed by atoms with Gasteiger partial charge in [0.15, 0.2) is 5.13 Å². The van der Waals surface area contributed by atoms with E-state index in [1.807, 2.05) is 54.1 Å². The molecule has 0 aliphatic rings. The van der Waals surface area contributed by atoms with Gasteiger partial charge in [-0.1, -0.05) is 35.9 Å². The zero-order valence-corrected chi connectivity index (χ0v) is 16.1. The third-order valence-electron chi connectivity index (χ3n) is 3.75. The van der Waals surface area contributed by atoms with Crippen LogP contribution in [0, 0.1) is 6.92 Å². The number of carbonyl (C=O) groups excluding carboxylic acids is 2. The quantitative estimate of drug-likeness (QED) is 0.661. The number of aromatic nitrogens is 1. The first kappa shape index (κ1) is 18.3. The van der Waals surface area contributed by atoms with Crippen LogP contribution in [0.1, 0.15) is 29.8 Å². The van der Waals surface area contributed by atoms with Gasteiger partial charge < -0.3 is 10.6 Å². The summed E-state index contributed by atoms with van der Waals surface area (Å²) in [4.78, 5) is 29.3. The summed E-state index contributed by atoms with van der Waals surface area (Å²) in [6, 6.07) is 11.6. The number of thiophene rings is 1. The van der Waals surface area contributed by atoms with E-state index in [2.05, 4.69) is 15.6 Å². The Morgan fingerprint density at radius 3 is 2.58 bits per heavy atom. The lowest BCUT2D eigenvalue weighted by Gasteiger charge is -2.15. The van der Waals surface area contributed by atoms with E-state index < -0.39 is 0 Å². The van der Waals surface area contributed by atoms with Gasteiger partial charge in [0.05, 0.1) is 18.2 Å². The van der Waals surface area contributed by atoms with Gasteiger partial charge in [-0.2, -0.15) is 0 Å². The normalized spacial score (nSPS) is 11.8. The predicted octanol–water partition coefficient (Wildman–Crippen LogP) is 4.39. The summed E-state index contributed by atoms with van der Waals surface area (Å²) in [5.74, 6) is -0.339. The minimum atomic E-state index is -0.330. The SMILES string of the molecule is CC(=O)N[C@@H](CC(=O)Nc1nc(-c2ccc(C)cc2)cs1)c1cccs1. The Bertz CT molecular complexity index is 886. The summed E-state index contributed by atoms with van der Waals surface area (Å²) in [5.41, 5.74) is 3.04. The first-order valence-electron chi connectivity index (χ1n) is 8.14. The Kier molecular flexibility index (Phi) is 5.80. The van der Waals surface area contributed by atoms with Crippen LogP contribution in [0.25, 0.3) is 11.3 Å². The maximum absolute atomic E-state index is 12.4. The minimum Gasteiger partial charge on any atom is -0.348 e. The van der Waals surface area contributed by atoms with Gasteiger partial charge >= 0.3 is 0 Å². The van der Waals surface area contributed by atoms with Crippen molar-refractivity contribution in [3.8, 4) is 11.3 Å². The molecule has 134 valence electrons. The third kappa shape index (κ3) is 4.77. The van der Waals surface area contributed by atoms with E-state index >= 15 is 0 Å². The molecule has 1 aromatic carbocycles. The molecule has 1 atom stereocenters. The van der Waals surface area contributed by atoms with Gasteiger partial charge in [0.2, 0.25) is 11.8 Å². The maximum Gasteiger partial charge on any atom is 0.228 e. The molecule has 2 heterocycles. The van der Waals surface area contributed by atoms with Crippen molar-refractivity contribution in [3.63, 3.8) is 0 Å². The van der Waals surface area contributed by atoms with Crippen LogP contribution in [0.2, 0.25) is 0 Å². The zero-order valence-electron chi connectivity index (χ0n) is 14.5. The highest BCUT2D eigenvalue weighted by molar-refractivity contribution is 7.14. The molecule has 0 radical (unpaired) electrons. The topological polar surface area (TPSA) is 71.1 Å². The van der Waals surface area contributed by atoms with E-state index in [1.165, 1.54) is 35.2 Å². The number of nitrogens with one attached hydrogen (secondary N) is 2. The highest BCUT2D eigenvalue weighted by Crippen LogP contribution is 2.26. The fraction of sp³-hybridized carbons (Fsp3) is 0.211. The fourth-order valence-electron chi connectivity index (χ4n) is 2.50. The molecule has 2 N–H and O–H groups in total. The summed E-state index contributed by atoms with van der Waals surface area (Å²) < 4.78 is 0. The summed E-state index contributed by atoms with van der Waals surface area (Å²) in [5, 5.41) is 10.1. The van der Waals surface area contributed by atoms with Crippen LogP contribution in [-0.4, -0.2) is 16.8 Å². The molecule has 0 spiro atoms. The van der Waals surface area contributed by atoms with E-state index in [4.69, 9.17) is 0 Å². The monoisotopic (exact) mass is 385 g/mol. The summed E-state index contributed by atoms with van der Waals surface area (Å²) in [6.07, 6.45) is 0.166. The summed E-state index contributed by atoms with van der Waals surface area (Å²) in [7, 11) is 0. The number of rotatable bonds is 6. The number of anilines is 1. The van der Waals surface area contributed by atoms with Crippen molar-refractivity contribution in [1.82, 2.24) is 10.3 Å². The minimum absolute atomic E-state index is 0.160. The van der Waals surface area contributed by atoms with Gasteiger partial charge in [-0.05, 0) is 18.4 Å². The van der Waals surface area contributed by atoms with E-state index in [-0.39, 0.29) is 24.3 Å². The van der Waals surface area contributed by atoms with Gasteiger partial charge in [-0.25, -0.2) is 4.98 Å². The second-order valence-electron chi connectivity index (χ2n) is 5.92. The average Bonchev–Trinajstić information content (AvgIpc) is 3.26. The van der Waals surface area contributed by atoms with E-state index in [0.717, 1.165) is 16.1 Å². The second-order valence-corrected chi connectivity index (χ2v) is 7.76. The van der Waals surface area contributed by atoms with Gasteiger partial charge in [0.25, 0.3) is 0 Å². The molecule has 0 saturated carbocycles. The number of hydrogen-bond donors (Lipinski definition) is 2. The number of carbonyl (C=O) groups is 2. The Labute approximate surface area is 160 Å². The molecule has 0 unspecified atom stereocenters. The molecule has 0 fully saturated rings. The van der Waals surface area contributed by atoms with Crippen LogP contribution in [0.3, 0.4) is 0 Å². The lowest BCUT2D eigenvalue weighted by molar-refractivity contribution is -0.120. The number of aryl methyl sites for hydroxylation is 1. The van der Waals surface area contributed by atoms with Crippen molar-refractivity contribution in [2.75, 3.05) is 5.32 Å². The van der Waals surface area contributed by atoms with Crippen molar-refractivity contribution >= 4 is 39.6 Å². The lowest BCUT2D eigenvalue weighted by Crippen LogP contribution is -2.29. The molecule has 7 heteroatoms. The Morgan fingerprint density at radius 2 is 1.92 bits per heavy atom. The van der Waals surface area contributed by atoms with Crippen molar-refractivity contribution < 1.29 is 9.59 Å². The Balaban J connectivity index is 1.65. The zero-order chi connectivity index (χ0) is 18.5. The van der Waals surface area contributed by atoms with Crippen LogP contribution >= 0.6 is 22.7 Å². The van der Waals surface area contributed by atoms with Gasteiger partial charge in [-0.15, -0.1) is 22.7 Å². The smallest absolute Gasteiger partial charge is 0.228 e. The van der Waals surface area contributed by atoms with Crippen LogP contribution in [0.5, 0.6) is 0 Å². The molecule has 0 aliphatic heterocycles. The Morgan fingerprint density at radius 1 is 1.15 bits per heavy atom. The second kappa shape index (κ2) is 8.25. The molecule has 0 bridgehead atoms. The van der Waals surface area contributed by atoms with E-state index in [1.54, 1.807) is 0 Å². The molecule has 0 aliphatic carbocycles. The van der Waals surface area contributed by atoms with Gasteiger partial charge in [0.1, 0.15) is 0 Å². The number of thiazole rings is 1. The molecular weight excluding hydrogens is 366 g/mol. The number of nitrogens with zero attached hydrogens (tertiary/aromatic N) is 1. The summed E-state index contributed by atoms with van der Waals surface area (Å²) in [6.45, 7) is 3.49. The van der Waals surface area contributed by atoms with Crippen molar-refractivity contribution in [2.45, 2.75) is 26.3 Å². The van der Waals surface area contributed by atoms with E-state index in [9.17, 15) is 9.59 Å². The van der Waals surface area contributed by atoms with Crippen LogP contribution < -0.4 is 10.6 Å². The third-order valence-corrected chi connectivity index (χ3v) is 5.50. The van der Waals surface area contributed by atoms with Gasteiger partial charge in [0, 0.05) is 22.7 Å². The highest BCUT2D eigenvalue weighted by Gasteiger charge is 2.19. The Hall–Kier alpha value is -2.51. The van der Waals surface area contributed by atoms with Crippen LogP contribution in [0.15, 0.2) is 47.2 Å². The number of benzene rings is 1. The molecule has 2 amide bonds. The maximum atomic E-state index is 12.4. The largest absolute Gasteiger partial charge is 0.348 e. The van der Waals surface area contributed by atoms with Crippen molar-refractivity contribution in [1.29, 1.82) is 0 Å². The van der Waals surface area contributed by atoms with Crippen molar-refractivity contribution in [2.24, 2.45) is 0 Å². The molecule has 5 nitrogen and oxygen atoms in total. The predicted molar refractivity (Wildman–Crippen MR) is 106 cm³/mol.